The van der Waals surface area contributed by atoms with Crippen molar-refractivity contribution in [2.75, 3.05) is 5.32 Å². The second kappa shape index (κ2) is 5.45. The van der Waals surface area contributed by atoms with Crippen LogP contribution >= 0.6 is 11.3 Å². The van der Waals surface area contributed by atoms with E-state index in [0.717, 1.165) is 25.0 Å². The molecule has 0 saturated heterocycles. The van der Waals surface area contributed by atoms with Gasteiger partial charge in [0.15, 0.2) is 10.9 Å². The first-order valence-corrected chi connectivity index (χ1v) is 8.42. The molecule has 1 amide bonds. The Balaban J connectivity index is 1.64. The zero-order valence-electron chi connectivity index (χ0n) is 12.6. The van der Waals surface area contributed by atoms with Crippen molar-refractivity contribution in [3.05, 3.63) is 45.9 Å². The summed E-state index contributed by atoms with van der Waals surface area (Å²) in [5.74, 6) is -0.482. The van der Waals surface area contributed by atoms with Gasteiger partial charge in [0.2, 0.25) is 0 Å². The normalized spacial score (nSPS) is 14.0. The van der Waals surface area contributed by atoms with Gasteiger partial charge in [-0.2, -0.15) is 0 Å². The minimum atomic E-state index is -0.346. The average molecular weight is 330 g/mol. The van der Waals surface area contributed by atoms with Crippen LogP contribution in [0.2, 0.25) is 0 Å². The summed E-state index contributed by atoms with van der Waals surface area (Å²) in [5, 5.41) is 4.04. The molecule has 6 heteroatoms. The van der Waals surface area contributed by atoms with Crippen LogP contribution in [0.3, 0.4) is 0 Å². The van der Waals surface area contributed by atoms with E-state index in [1.807, 2.05) is 0 Å². The van der Waals surface area contributed by atoms with Gasteiger partial charge >= 0.3 is 0 Å². The van der Waals surface area contributed by atoms with E-state index in [0.29, 0.717) is 21.7 Å². The lowest BCUT2D eigenvalue weighted by Crippen LogP contribution is -2.12. The number of aryl methyl sites for hydroxylation is 3. The van der Waals surface area contributed by atoms with Crippen molar-refractivity contribution in [1.82, 2.24) is 4.98 Å². The number of nitrogens with one attached hydrogen (secondary N) is 1. The first kappa shape index (κ1) is 14.4. The molecule has 0 fully saturated rings. The standard InChI is InChI=1S/C17H15FN2O2S/c1-9-11-8-10(18)6-7-13(11)22-15(9)16(21)20-17-19-12-4-2-3-5-14(12)23-17/h6-8H,2-5H2,1H3,(H,19,20,21). The lowest BCUT2D eigenvalue weighted by molar-refractivity contribution is 0.0998. The molecule has 0 unspecified atom stereocenters. The minimum absolute atomic E-state index is 0.207. The summed E-state index contributed by atoms with van der Waals surface area (Å²) in [7, 11) is 0. The van der Waals surface area contributed by atoms with E-state index in [1.165, 1.54) is 40.8 Å². The minimum Gasteiger partial charge on any atom is -0.451 e. The Morgan fingerprint density at radius 2 is 2.17 bits per heavy atom. The van der Waals surface area contributed by atoms with Gasteiger partial charge in [0.05, 0.1) is 5.69 Å². The lowest BCUT2D eigenvalue weighted by Gasteiger charge is -2.06. The van der Waals surface area contributed by atoms with Crippen molar-refractivity contribution in [2.24, 2.45) is 0 Å². The molecule has 2 heterocycles. The second-order valence-electron chi connectivity index (χ2n) is 5.75. The van der Waals surface area contributed by atoms with Gasteiger partial charge in [-0.05, 0) is 50.8 Å². The highest BCUT2D eigenvalue weighted by molar-refractivity contribution is 7.15. The van der Waals surface area contributed by atoms with E-state index in [9.17, 15) is 9.18 Å². The van der Waals surface area contributed by atoms with Crippen LogP contribution in [0.25, 0.3) is 11.0 Å². The molecule has 4 rings (SSSR count). The summed E-state index contributed by atoms with van der Waals surface area (Å²) >= 11 is 1.53. The van der Waals surface area contributed by atoms with Crippen molar-refractivity contribution < 1.29 is 13.6 Å². The molecule has 0 atom stereocenters. The highest BCUT2D eigenvalue weighted by atomic mass is 32.1. The number of nitrogens with zero attached hydrogens (tertiary/aromatic N) is 1. The van der Waals surface area contributed by atoms with Crippen molar-refractivity contribution in [3.8, 4) is 0 Å². The number of furan rings is 1. The number of hydrogen-bond acceptors (Lipinski definition) is 4. The summed E-state index contributed by atoms with van der Waals surface area (Å²) in [4.78, 5) is 18.2. The fourth-order valence-electron chi connectivity index (χ4n) is 2.97. The van der Waals surface area contributed by atoms with Crippen LogP contribution in [0.5, 0.6) is 0 Å². The monoisotopic (exact) mass is 330 g/mol. The number of carbonyl (C=O) groups excluding carboxylic acids is 1. The zero-order valence-corrected chi connectivity index (χ0v) is 13.4. The molecule has 23 heavy (non-hydrogen) atoms. The Hall–Kier alpha value is -2.21. The SMILES string of the molecule is Cc1c(C(=O)Nc2nc3c(s2)CCCC3)oc2ccc(F)cc12. The van der Waals surface area contributed by atoms with Crippen LogP contribution in [-0.4, -0.2) is 10.9 Å². The fraction of sp³-hybridized carbons (Fsp3) is 0.294. The highest BCUT2D eigenvalue weighted by Crippen LogP contribution is 2.31. The quantitative estimate of drug-likeness (QED) is 0.754. The molecule has 3 aromatic rings. The van der Waals surface area contributed by atoms with Crippen molar-refractivity contribution in [2.45, 2.75) is 32.6 Å². The maximum atomic E-state index is 13.4. The third-order valence-electron chi connectivity index (χ3n) is 4.17. The van der Waals surface area contributed by atoms with E-state index >= 15 is 0 Å². The van der Waals surface area contributed by atoms with Crippen molar-refractivity contribution in [1.29, 1.82) is 0 Å². The van der Waals surface area contributed by atoms with Crippen LogP contribution in [-0.2, 0) is 12.8 Å². The number of thiazole rings is 1. The first-order valence-electron chi connectivity index (χ1n) is 7.60. The maximum absolute atomic E-state index is 13.4. The van der Waals surface area contributed by atoms with E-state index in [2.05, 4.69) is 10.3 Å². The molecule has 2 aromatic heterocycles. The van der Waals surface area contributed by atoms with Gasteiger partial charge in [-0.1, -0.05) is 0 Å². The molecule has 1 aromatic carbocycles. The number of carbonyl (C=O) groups is 1. The summed E-state index contributed by atoms with van der Waals surface area (Å²) in [6.45, 7) is 1.76. The summed E-state index contributed by atoms with van der Waals surface area (Å²) in [6, 6.07) is 4.24. The molecule has 1 aliphatic carbocycles. The van der Waals surface area contributed by atoms with Gasteiger partial charge < -0.3 is 4.42 Å². The summed E-state index contributed by atoms with van der Waals surface area (Å²) in [6.07, 6.45) is 4.34. The van der Waals surface area contributed by atoms with Crippen molar-refractivity contribution >= 4 is 33.3 Å². The van der Waals surface area contributed by atoms with Gasteiger partial charge in [0.1, 0.15) is 11.4 Å². The van der Waals surface area contributed by atoms with Crippen LogP contribution in [0.1, 0.15) is 39.5 Å². The van der Waals surface area contributed by atoms with E-state index < -0.39 is 0 Å². The lowest BCUT2D eigenvalue weighted by atomic mass is 10.0. The number of amides is 1. The third-order valence-corrected chi connectivity index (χ3v) is 5.24. The molecule has 0 saturated carbocycles. The van der Waals surface area contributed by atoms with Crippen LogP contribution in [0.4, 0.5) is 9.52 Å². The fourth-order valence-corrected chi connectivity index (χ4v) is 4.01. The summed E-state index contributed by atoms with van der Waals surface area (Å²) < 4.78 is 18.9. The number of aromatic nitrogens is 1. The number of rotatable bonds is 2. The van der Waals surface area contributed by atoms with Crippen molar-refractivity contribution in [3.63, 3.8) is 0 Å². The molecule has 118 valence electrons. The van der Waals surface area contributed by atoms with E-state index in [4.69, 9.17) is 4.42 Å². The van der Waals surface area contributed by atoms with Crippen LogP contribution in [0.15, 0.2) is 22.6 Å². The Labute approximate surface area is 136 Å². The second-order valence-corrected chi connectivity index (χ2v) is 6.83. The van der Waals surface area contributed by atoms with Gasteiger partial charge in [-0.3, -0.25) is 10.1 Å². The van der Waals surface area contributed by atoms with Crippen LogP contribution in [0, 0.1) is 12.7 Å². The smallest absolute Gasteiger partial charge is 0.293 e. The third kappa shape index (κ3) is 2.53. The van der Waals surface area contributed by atoms with Gasteiger partial charge in [-0.15, -0.1) is 11.3 Å². The number of benzene rings is 1. The molecule has 1 aliphatic rings. The largest absolute Gasteiger partial charge is 0.451 e. The Kier molecular flexibility index (Phi) is 3.41. The number of halogens is 1. The highest BCUT2D eigenvalue weighted by Gasteiger charge is 2.21. The number of anilines is 1. The molecular weight excluding hydrogens is 315 g/mol. The number of fused-ring (bicyclic) bond motifs is 2. The Bertz CT molecular complexity index is 889. The van der Waals surface area contributed by atoms with E-state index in [-0.39, 0.29) is 17.5 Å². The van der Waals surface area contributed by atoms with Gasteiger partial charge in [-0.25, -0.2) is 9.37 Å². The first-order chi connectivity index (χ1) is 11.1. The molecule has 0 spiro atoms. The maximum Gasteiger partial charge on any atom is 0.293 e. The topological polar surface area (TPSA) is 55.1 Å². The predicted molar refractivity (Wildman–Crippen MR) is 87.6 cm³/mol. The molecule has 0 radical (unpaired) electrons. The van der Waals surface area contributed by atoms with Crippen LogP contribution < -0.4 is 5.32 Å². The Morgan fingerprint density at radius 3 is 3.00 bits per heavy atom. The van der Waals surface area contributed by atoms with Gasteiger partial charge in [0.25, 0.3) is 5.91 Å². The van der Waals surface area contributed by atoms with E-state index in [1.54, 1.807) is 6.92 Å². The molecule has 0 bridgehead atoms. The van der Waals surface area contributed by atoms with Gasteiger partial charge in [0, 0.05) is 15.8 Å². The molecule has 4 nitrogen and oxygen atoms in total. The zero-order chi connectivity index (χ0) is 16.0. The average Bonchev–Trinajstić information content (AvgIpc) is 3.08. The molecule has 1 N–H and O–H groups in total. The summed E-state index contributed by atoms with van der Waals surface area (Å²) in [5.41, 5.74) is 2.24. The Morgan fingerprint density at radius 1 is 1.35 bits per heavy atom. The molecular formula is C17H15FN2O2S. The number of hydrogen-bond donors (Lipinski definition) is 1. The molecule has 0 aliphatic heterocycles. The predicted octanol–water partition coefficient (Wildman–Crippen LogP) is 4.47.